The molecule has 1 heterocycles. The average molecular weight is 361 g/mol. The van der Waals surface area contributed by atoms with Gasteiger partial charge >= 0.3 is 0 Å². The molecule has 4 nitrogen and oxygen atoms in total. The molecule has 0 spiro atoms. The van der Waals surface area contributed by atoms with Gasteiger partial charge in [-0.1, -0.05) is 29.6 Å². The van der Waals surface area contributed by atoms with E-state index >= 15 is 0 Å². The van der Waals surface area contributed by atoms with E-state index in [1.165, 1.54) is 32.4 Å². The Kier molecular flexibility index (Phi) is 7.93. The Balaban J connectivity index is 1.66. The van der Waals surface area contributed by atoms with Crippen LogP contribution in [-0.2, 0) is 0 Å². The Morgan fingerprint density at radius 3 is 2.70 bits per heavy atom. The minimum Gasteiger partial charge on any atom is -0.489 e. The zero-order chi connectivity index (χ0) is 16.7. The first-order valence-corrected chi connectivity index (χ1v) is 8.97. The van der Waals surface area contributed by atoms with Crippen molar-refractivity contribution in [1.82, 2.24) is 9.80 Å². The fourth-order valence-electron chi connectivity index (χ4n) is 2.78. The van der Waals surface area contributed by atoms with E-state index in [-0.39, 0.29) is 6.61 Å². The fraction of sp³-hybridized carbons (Fsp3) is 0.647. The van der Waals surface area contributed by atoms with Crippen molar-refractivity contribution in [2.45, 2.75) is 25.4 Å². The van der Waals surface area contributed by atoms with Gasteiger partial charge in [-0.25, -0.2) is 0 Å². The molecule has 1 aliphatic rings. The second kappa shape index (κ2) is 9.70. The Morgan fingerprint density at radius 2 is 2.00 bits per heavy atom. The number of likely N-dealkylation sites (tertiary alicyclic amines) is 1. The molecule has 1 aromatic rings. The lowest BCUT2D eigenvalue weighted by Gasteiger charge is -2.29. The molecule has 0 aromatic heterocycles. The zero-order valence-electron chi connectivity index (χ0n) is 13.7. The van der Waals surface area contributed by atoms with Gasteiger partial charge in [0.1, 0.15) is 18.5 Å². The van der Waals surface area contributed by atoms with Gasteiger partial charge in [0, 0.05) is 24.7 Å². The molecule has 6 heteroatoms. The van der Waals surface area contributed by atoms with Crippen molar-refractivity contribution in [3.8, 4) is 5.75 Å². The molecule has 1 N–H and O–H groups in total. The van der Waals surface area contributed by atoms with E-state index in [9.17, 15) is 5.11 Å². The molecule has 1 aromatic carbocycles. The van der Waals surface area contributed by atoms with E-state index in [1.54, 1.807) is 18.2 Å². The highest BCUT2D eigenvalue weighted by Crippen LogP contribution is 2.27. The van der Waals surface area contributed by atoms with Crippen LogP contribution in [0.1, 0.15) is 19.3 Å². The Hall–Kier alpha value is -0.520. The molecular formula is C17H26Cl2N2O2. The average Bonchev–Trinajstić information content (AvgIpc) is 2.53. The third-order valence-corrected chi connectivity index (χ3v) is 4.62. The number of aliphatic hydroxyl groups excluding tert-OH is 1. The standard InChI is InChI=1S/C17H26Cl2N2O2/c1-20(9-10-21-7-3-2-4-8-21)12-15(22)13-23-17-6-5-14(18)11-16(17)19/h5-6,11,15,22H,2-4,7-10,12-13H2,1H3. The van der Waals surface area contributed by atoms with E-state index in [2.05, 4.69) is 9.80 Å². The van der Waals surface area contributed by atoms with Crippen LogP contribution in [0.25, 0.3) is 0 Å². The molecule has 1 saturated heterocycles. The van der Waals surface area contributed by atoms with Gasteiger partial charge in [-0.2, -0.15) is 0 Å². The third kappa shape index (κ3) is 6.86. The topological polar surface area (TPSA) is 35.9 Å². The summed E-state index contributed by atoms with van der Waals surface area (Å²) in [6, 6.07) is 5.08. The summed E-state index contributed by atoms with van der Waals surface area (Å²) in [7, 11) is 2.03. The van der Waals surface area contributed by atoms with E-state index < -0.39 is 6.10 Å². The van der Waals surface area contributed by atoms with Gasteiger partial charge in [-0.3, -0.25) is 0 Å². The summed E-state index contributed by atoms with van der Waals surface area (Å²) in [6.07, 6.45) is 3.42. The summed E-state index contributed by atoms with van der Waals surface area (Å²) in [6.45, 7) is 5.23. The van der Waals surface area contributed by atoms with Crippen molar-refractivity contribution >= 4 is 23.2 Å². The molecule has 2 rings (SSSR count). The van der Waals surface area contributed by atoms with Crippen LogP contribution in [0.5, 0.6) is 5.75 Å². The van der Waals surface area contributed by atoms with Crippen LogP contribution in [0.4, 0.5) is 0 Å². The number of nitrogens with zero attached hydrogens (tertiary/aromatic N) is 2. The molecule has 1 aliphatic heterocycles. The number of hydrogen-bond donors (Lipinski definition) is 1. The van der Waals surface area contributed by atoms with Crippen molar-refractivity contribution in [3.63, 3.8) is 0 Å². The largest absolute Gasteiger partial charge is 0.489 e. The quantitative estimate of drug-likeness (QED) is 0.772. The maximum Gasteiger partial charge on any atom is 0.138 e. The van der Waals surface area contributed by atoms with Gasteiger partial charge in [0.15, 0.2) is 0 Å². The van der Waals surface area contributed by atoms with Crippen molar-refractivity contribution < 1.29 is 9.84 Å². The molecular weight excluding hydrogens is 335 g/mol. The van der Waals surface area contributed by atoms with Gasteiger partial charge in [0.2, 0.25) is 0 Å². The lowest BCUT2D eigenvalue weighted by atomic mass is 10.1. The smallest absolute Gasteiger partial charge is 0.138 e. The second-order valence-electron chi connectivity index (χ2n) is 6.20. The van der Waals surface area contributed by atoms with Crippen LogP contribution >= 0.6 is 23.2 Å². The van der Waals surface area contributed by atoms with E-state index in [1.807, 2.05) is 7.05 Å². The van der Waals surface area contributed by atoms with Crippen LogP contribution in [-0.4, -0.2) is 67.4 Å². The van der Waals surface area contributed by atoms with Crippen LogP contribution in [0.15, 0.2) is 18.2 Å². The van der Waals surface area contributed by atoms with Gasteiger partial charge in [-0.05, 0) is 51.2 Å². The minimum absolute atomic E-state index is 0.218. The highest BCUT2D eigenvalue weighted by atomic mass is 35.5. The summed E-state index contributed by atoms with van der Waals surface area (Å²) in [4.78, 5) is 4.64. The number of rotatable bonds is 8. The summed E-state index contributed by atoms with van der Waals surface area (Å²) in [5.41, 5.74) is 0. The van der Waals surface area contributed by atoms with Gasteiger partial charge in [0.05, 0.1) is 5.02 Å². The maximum atomic E-state index is 10.1. The van der Waals surface area contributed by atoms with Crippen molar-refractivity contribution in [2.75, 3.05) is 46.4 Å². The van der Waals surface area contributed by atoms with Crippen LogP contribution in [0.3, 0.4) is 0 Å². The lowest BCUT2D eigenvalue weighted by Crippen LogP contribution is -2.40. The summed E-state index contributed by atoms with van der Waals surface area (Å²) >= 11 is 11.9. The zero-order valence-corrected chi connectivity index (χ0v) is 15.2. The Bertz CT molecular complexity index is 482. The highest BCUT2D eigenvalue weighted by molar-refractivity contribution is 6.35. The molecule has 0 saturated carbocycles. The highest BCUT2D eigenvalue weighted by Gasteiger charge is 2.13. The second-order valence-corrected chi connectivity index (χ2v) is 7.05. The molecule has 130 valence electrons. The molecule has 23 heavy (non-hydrogen) atoms. The third-order valence-electron chi connectivity index (χ3n) is 4.09. The Morgan fingerprint density at radius 1 is 1.26 bits per heavy atom. The predicted molar refractivity (Wildman–Crippen MR) is 95.8 cm³/mol. The molecule has 1 atom stereocenters. The monoisotopic (exact) mass is 360 g/mol. The summed E-state index contributed by atoms with van der Waals surface area (Å²) in [5, 5.41) is 11.1. The first-order valence-electron chi connectivity index (χ1n) is 8.21. The van der Waals surface area contributed by atoms with Crippen LogP contribution in [0, 0.1) is 0 Å². The predicted octanol–water partition coefficient (Wildman–Crippen LogP) is 3.15. The first kappa shape index (κ1) is 18.8. The van der Waals surface area contributed by atoms with Crippen LogP contribution in [0.2, 0.25) is 10.0 Å². The number of benzene rings is 1. The molecule has 0 amide bonds. The van der Waals surface area contributed by atoms with Gasteiger partial charge in [0.25, 0.3) is 0 Å². The number of ether oxygens (including phenoxy) is 1. The normalized spacial score (nSPS) is 17.4. The maximum absolute atomic E-state index is 10.1. The minimum atomic E-state index is -0.548. The van der Waals surface area contributed by atoms with E-state index in [0.717, 1.165) is 13.1 Å². The van der Waals surface area contributed by atoms with Crippen molar-refractivity contribution in [2.24, 2.45) is 0 Å². The van der Waals surface area contributed by atoms with Gasteiger partial charge in [-0.15, -0.1) is 0 Å². The number of piperidine rings is 1. The summed E-state index contributed by atoms with van der Waals surface area (Å²) in [5.74, 6) is 0.547. The lowest BCUT2D eigenvalue weighted by molar-refractivity contribution is 0.0720. The first-order chi connectivity index (χ1) is 11.0. The van der Waals surface area contributed by atoms with E-state index in [4.69, 9.17) is 27.9 Å². The van der Waals surface area contributed by atoms with Crippen molar-refractivity contribution in [3.05, 3.63) is 28.2 Å². The molecule has 1 fully saturated rings. The SMILES string of the molecule is CN(CCN1CCCCC1)CC(O)COc1ccc(Cl)cc1Cl. The number of likely N-dealkylation sites (N-methyl/N-ethyl adjacent to an activating group) is 1. The molecule has 0 radical (unpaired) electrons. The molecule has 0 aliphatic carbocycles. The Labute approximate surface area is 148 Å². The number of aliphatic hydroxyl groups is 1. The fourth-order valence-corrected chi connectivity index (χ4v) is 3.24. The van der Waals surface area contributed by atoms with Gasteiger partial charge < -0.3 is 19.6 Å². The number of halogens is 2. The molecule has 0 bridgehead atoms. The molecule has 1 unspecified atom stereocenters. The van der Waals surface area contributed by atoms with Crippen LogP contribution < -0.4 is 4.74 Å². The summed E-state index contributed by atoms with van der Waals surface area (Å²) < 4.78 is 5.57. The van der Waals surface area contributed by atoms with Crippen molar-refractivity contribution in [1.29, 1.82) is 0 Å². The number of hydrogen-bond acceptors (Lipinski definition) is 4. The van der Waals surface area contributed by atoms with E-state index in [0.29, 0.717) is 22.3 Å².